The summed E-state index contributed by atoms with van der Waals surface area (Å²) in [5.74, 6) is 0. The molecule has 3 rings (SSSR count). The van der Waals surface area contributed by atoms with Crippen LogP contribution >= 0.6 is 11.3 Å². The molecule has 96 valence electrons. The van der Waals surface area contributed by atoms with Gasteiger partial charge in [0.25, 0.3) is 0 Å². The highest BCUT2D eigenvalue weighted by Gasteiger charge is 2.07. The van der Waals surface area contributed by atoms with Crippen LogP contribution in [-0.2, 0) is 6.42 Å². The first-order chi connectivity index (χ1) is 9.36. The summed E-state index contributed by atoms with van der Waals surface area (Å²) >= 11 is 1.65. The van der Waals surface area contributed by atoms with Crippen molar-refractivity contribution in [2.45, 2.75) is 6.42 Å². The summed E-state index contributed by atoms with van der Waals surface area (Å²) in [7, 11) is 1.94. The van der Waals surface area contributed by atoms with Gasteiger partial charge in [0, 0.05) is 30.1 Å². The summed E-state index contributed by atoms with van der Waals surface area (Å²) in [5.41, 5.74) is 2.11. The van der Waals surface area contributed by atoms with Gasteiger partial charge in [-0.15, -0.1) is 10.2 Å². The van der Waals surface area contributed by atoms with Crippen LogP contribution < -0.4 is 5.32 Å². The van der Waals surface area contributed by atoms with Crippen molar-refractivity contribution in [3.8, 4) is 10.6 Å². The Kier molecular flexibility index (Phi) is 3.48. The van der Waals surface area contributed by atoms with Gasteiger partial charge < -0.3 is 5.32 Å². The molecule has 0 saturated heterocycles. The van der Waals surface area contributed by atoms with Crippen molar-refractivity contribution in [2.75, 3.05) is 13.6 Å². The number of nitrogens with one attached hydrogen (secondary N) is 1. The fourth-order valence-corrected chi connectivity index (χ4v) is 2.75. The van der Waals surface area contributed by atoms with Crippen molar-refractivity contribution >= 4 is 22.2 Å². The molecule has 0 radical (unpaired) electrons. The summed E-state index contributed by atoms with van der Waals surface area (Å²) in [6, 6.07) is 10.2. The highest BCUT2D eigenvalue weighted by molar-refractivity contribution is 7.14. The highest BCUT2D eigenvalue weighted by Crippen LogP contribution is 2.26. The first kappa shape index (κ1) is 12.2. The van der Waals surface area contributed by atoms with Gasteiger partial charge in [0.05, 0.1) is 5.52 Å². The number of nitrogens with zero attached hydrogens (tertiary/aromatic N) is 3. The molecule has 0 saturated carbocycles. The summed E-state index contributed by atoms with van der Waals surface area (Å²) < 4.78 is 0. The average Bonchev–Trinajstić information content (AvgIpc) is 2.93. The van der Waals surface area contributed by atoms with E-state index in [1.54, 1.807) is 11.3 Å². The Morgan fingerprint density at radius 3 is 3.05 bits per heavy atom. The normalized spacial score (nSPS) is 11.0. The van der Waals surface area contributed by atoms with Crippen LogP contribution in [0.15, 0.2) is 36.5 Å². The monoisotopic (exact) mass is 270 g/mol. The third-order valence-electron chi connectivity index (χ3n) is 2.91. The van der Waals surface area contributed by atoms with E-state index in [0.717, 1.165) is 39.4 Å². The number of hydrogen-bond donors (Lipinski definition) is 1. The van der Waals surface area contributed by atoms with Gasteiger partial charge in [-0.05, 0) is 31.3 Å². The van der Waals surface area contributed by atoms with E-state index >= 15 is 0 Å². The molecular weight excluding hydrogens is 256 g/mol. The molecule has 2 heterocycles. The number of aromatic nitrogens is 3. The van der Waals surface area contributed by atoms with Crippen LogP contribution in [0.2, 0.25) is 0 Å². The zero-order valence-corrected chi connectivity index (χ0v) is 11.4. The third kappa shape index (κ3) is 2.62. The van der Waals surface area contributed by atoms with E-state index in [2.05, 4.69) is 38.7 Å². The molecular formula is C14H14N4S. The summed E-state index contributed by atoms with van der Waals surface area (Å²) in [5, 5.41) is 14.8. The number of benzene rings is 1. The first-order valence-electron chi connectivity index (χ1n) is 6.19. The Bertz CT molecular complexity index is 692. The maximum Gasteiger partial charge on any atom is 0.147 e. The van der Waals surface area contributed by atoms with Crippen molar-refractivity contribution in [3.63, 3.8) is 0 Å². The second-order valence-corrected chi connectivity index (χ2v) is 5.33. The van der Waals surface area contributed by atoms with Crippen LogP contribution in [0.1, 0.15) is 5.01 Å². The topological polar surface area (TPSA) is 50.7 Å². The molecule has 0 unspecified atom stereocenters. The zero-order chi connectivity index (χ0) is 13.1. The molecule has 0 amide bonds. The molecule has 1 N–H and O–H groups in total. The van der Waals surface area contributed by atoms with E-state index in [1.165, 1.54) is 0 Å². The quantitative estimate of drug-likeness (QED) is 0.791. The lowest BCUT2D eigenvalue weighted by Crippen LogP contribution is -2.09. The van der Waals surface area contributed by atoms with Crippen molar-refractivity contribution in [2.24, 2.45) is 0 Å². The SMILES string of the molecule is CNCCc1nnc(-c2ccc3ncccc3c2)s1. The van der Waals surface area contributed by atoms with Crippen molar-refractivity contribution in [1.82, 2.24) is 20.5 Å². The number of fused-ring (bicyclic) bond motifs is 1. The Morgan fingerprint density at radius 1 is 1.21 bits per heavy atom. The second-order valence-electron chi connectivity index (χ2n) is 4.27. The van der Waals surface area contributed by atoms with Gasteiger partial charge in [-0.3, -0.25) is 4.98 Å². The Balaban J connectivity index is 1.92. The maximum atomic E-state index is 4.32. The number of likely N-dealkylation sites (N-methyl/N-ethyl adjacent to an activating group) is 1. The fourth-order valence-electron chi connectivity index (χ4n) is 1.91. The van der Waals surface area contributed by atoms with Gasteiger partial charge in [-0.2, -0.15) is 0 Å². The summed E-state index contributed by atoms with van der Waals surface area (Å²) in [4.78, 5) is 4.32. The Labute approximate surface area is 115 Å². The highest BCUT2D eigenvalue weighted by atomic mass is 32.1. The van der Waals surface area contributed by atoms with Crippen LogP contribution in [0.25, 0.3) is 21.5 Å². The molecule has 0 bridgehead atoms. The van der Waals surface area contributed by atoms with E-state index in [1.807, 2.05) is 25.4 Å². The fraction of sp³-hybridized carbons (Fsp3) is 0.214. The van der Waals surface area contributed by atoms with Gasteiger partial charge in [0.2, 0.25) is 0 Å². The molecule has 0 aliphatic carbocycles. The Morgan fingerprint density at radius 2 is 2.16 bits per heavy atom. The van der Waals surface area contributed by atoms with Gasteiger partial charge in [0.1, 0.15) is 10.0 Å². The maximum absolute atomic E-state index is 4.32. The molecule has 0 aliphatic rings. The molecule has 19 heavy (non-hydrogen) atoms. The number of pyridine rings is 1. The van der Waals surface area contributed by atoms with Crippen LogP contribution in [-0.4, -0.2) is 28.8 Å². The van der Waals surface area contributed by atoms with E-state index < -0.39 is 0 Å². The molecule has 0 fully saturated rings. The minimum Gasteiger partial charge on any atom is -0.319 e. The van der Waals surface area contributed by atoms with E-state index in [0.29, 0.717) is 0 Å². The average molecular weight is 270 g/mol. The standard InChI is InChI=1S/C14H14N4S/c1-15-8-6-13-17-18-14(19-13)11-4-5-12-10(9-11)3-2-7-16-12/h2-5,7,9,15H,6,8H2,1H3. The molecule has 1 aromatic carbocycles. The molecule has 3 aromatic rings. The second kappa shape index (κ2) is 5.42. The zero-order valence-electron chi connectivity index (χ0n) is 10.6. The molecule has 2 aromatic heterocycles. The molecule has 0 aliphatic heterocycles. The van der Waals surface area contributed by atoms with E-state index in [-0.39, 0.29) is 0 Å². The van der Waals surface area contributed by atoms with Gasteiger partial charge >= 0.3 is 0 Å². The number of rotatable bonds is 4. The molecule has 0 atom stereocenters. The van der Waals surface area contributed by atoms with E-state index in [9.17, 15) is 0 Å². The summed E-state index contributed by atoms with van der Waals surface area (Å²) in [6.45, 7) is 0.927. The van der Waals surface area contributed by atoms with E-state index in [4.69, 9.17) is 0 Å². The molecule has 0 spiro atoms. The lowest BCUT2D eigenvalue weighted by Gasteiger charge is -1.99. The van der Waals surface area contributed by atoms with Crippen molar-refractivity contribution in [1.29, 1.82) is 0 Å². The van der Waals surface area contributed by atoms with Crippen LogP contribution in [0.5, 0.6) is 0 Å². The minimum absolute atomic E-state index is 0.920. The first-order valence-corrected chi connectivity index (χ1v) is 7.00. The smallest absolute Gasteiger partial charge is 0.147 e. The van der Waals surface area contributed by atoms with Crippen LogP contribution in [0.4, 0.5) is 0 Å². The predicted molar refractivity (Wildman–Crippen MR) is 78.3 cm³/mol. The predicted octanol–water partition coefficient (Wildman–Crippen LogP) is 2.52. The van der Waals surface area contributed by atoms with Crippen LogP contribution in [0, 0.1) is 0 Å². The Hall–Kier alpha value is -1.85. The number of hydrogen-bond acceptors (Lipinski definition) is 5. The third-order valence-corrected chi connectivity index (χ3v) is 3.94. The van der Waals surface area contributed by atoms with Crippen LogP contribution in [0.3, 0.4) is 0 Å². The van der Waals surface area contributed by atoms with Gasteiger partial charge in [0.15, 0.2) is 0 Å². The lowest BCUT2D eigenvalue weighted by molar-refractivity contribution is 0.779. The largest absolute Gasteiger partial charge is 0.319 e. The lowest BCUT2D eigenvalue weighted by atomic mass is 10.1. The molecule has 4 nitrogen and oxygen atoms in total. The van der Waals surface area contributed by atoms with Crippen molar-refractivity contribution in [3.05, 3.63) is 41.5 Å². The summed E-state index contributed by atoms with van der Waals surface area (Å²) in [6.07, 6.45) is 2.73. The van der Waals surface area contributed by atoms with Crippen molar-refractivity contribution < 1.29 is 0 Å². The molecule has 5 heteroatoms. The van der Waals surface area contributed by atoms with Gasteiger partial charge in [-0.25, -0.2) is 0 Å². The van der Waals surface area contributed by atoms with Gasteiger partial charge in [-0.1, -0.05) is 17.4 Å². The minimum atomic E-state index is 0.920.